The summed E-state index contributed by atoms with van der Waals surface area (Å²) < 4.78 is 0. The van der Waals surface area contributed by atoms with Crippen molar-refractivity contribution in [1.29, 1.82) is 0 Å². The van der Waals surface area contributed by atoms with Crippen molar-refractivity contribution in [2.24, 2.45) is 0 Å². The molecular formula is C10H19NO3. The van der Waals surface area contributed by atoms with Crippen LogP contribution in [0.3, 0.4) is 0 Å². The highest BCUT2D eigenvalue weighted by Crippen LogP contribution is 2.29. The summed E-state index contributed by atoms with van der Waals surface area (Å²) in [4.78, 5) is 5.26. The molecule has 1 aliphatic carbocycles. The van der Waals surface area contributed by atoms with E-state index in [-0.39, 0.29) is 6.10 Å². The third kappa shape index (κ3) is 2.45. The van der Waals surface area contributed by atoms with Crippen LogP contribution in [0.15, 0.2) is 0 Å². The summed E-state index contributed by atoms with van der Waals surface area (Å²) in [6, 6.07) is 0. The first-order chi connectivity index (χ1) is 6.68. The first-order valence-electron chi connectivity index (χ1n) is 5.46. The molecule has 2 N–H and O–H groups in total. The van der Waals surface area contributed by atoms with E-state index in [2.05, 4.69) is 0 Å². The van der Waals surface area contributed by atoms with Crippen LogP contribution in [-0.4, -0.2) is 46.7 Å². The summed E-state index contributed by atoms with van der Waals surface area (Å²) in [5.41, 5.74) is -0.581. The smallest absolute Gasteiger partial charge is 0.0958 e. The lowest BCUT2D eigenvalue weighted by atomic mass is 9.85. The molecule has 0 spiro atoms. The van der Waals surface area contributed by atoms with Gasteiger partial charge >= 0.3 is 0 Å². The normalized spacial score (nSPS) is 33.4. The molecule has 82 valence electrons. The van der Waals surface area contributed by atoms with Crippen LogP contribution in [0.2, 0.25) is 0 Å². The molecule has 2 rings (SSSR count). The van der Waals surface area contributed by atoms with Gasteiger partial charge in [-0.1, -0.05) is 19.3 Å². The number of nitrogens with zero attached hydrogens (tertiary/aromatic N) is 1. The van der Waals surface area contributed by atoms with Gasteiger partial charge in [0.2, 0.25) is 0 Å². The Morgan fingerprint density at radius 2 is 2.00 bits per heavy atom. The molecule has 4 nitrogen and oxygen atoms in total. The number of aliphatic hydroxyl groups is 2. The number of hydrogen-bond acceptors (Lipinski definition) is 4. The van der Waals surface area contributed by atoms with Gasteiger partial charge in [0.25, 0.3) is 0 Å². The highest BCUT2D eigenvalue weighted by atomic mass is 16.7. The quantitative estimate of drug-likeness (QED) is 0.674. The van der Waals surface area contributed by atoms with Crippen LogP contribution < -0.4 is 0 Å². The molecule has 1 saturated heterocycles. The number of aliphatic hydroxyl groups excluding tert-OH is 1. The van der Waals surface area contributed by atoms with Gasteiger partial charge in [-0.15, -0.1) is 0 Å². The minimum Gasteiger partial charge on any atom is -0.389 e. The van der Waals surface area contributed by atoms with E-state index in [9.17, 15) is 10.2 Å². The molecule has 4 heteroatoms. The average Bonchev–Trinajstić information content (AvgIpc) is 2.51. The molecule has 1 atom stereocenters. The molecule has 14 heavy (non-hydrogen) atoms. The summed E-state index contributed by atoms with van der Waals surface area (Å²) in [6.07, 6.45) is 4.78. The summed E-state index contributed by atoms with van der Waals surface area (Å²) in [6.45, 7) is 1.45. The molecule has 0 unspecified atom stereocenters. The van der Waals surface area contributed by atoms with E-state index >= 15 is 0 Å². The zero-order chi connectivity index (χ0) is 10.0. The molecule has 0 aromatic heterocycles. The second-order valence-electron chi connectivity index (χ2n) is 4.56. The zero-order valence-corrected chi connectivity index (χ0v) is 8.48. The summed E-state index contributed by atoms with van der Waals surface area (Å²) in [5, 5.41) is 21.2. The number of hydroxylamine groups is 2. The fourth-order valence-corrected chi connectivity index (χ4v) is 2.34. The van der Waals surface area contributed by atoms with Crippen molar-refractivity contribution in [3.8, 4) is 0 Å². The molecule has 1 heterocycles. The lowest BCUT2D eigenvalue weighted by molar-refractivity contribution is -0.158. The Kier molecular flexibility index (Phi) is 3.07. The lowest BCUT2D eigenvalue weighted by Gasteiger charge is -2.34. The van der Waals surface area contributed by atoms with Gasteiger partial charge in [0, 0.05) is 0 Å². The first-order valence-corrected chi connectivity index (χ1v) is 5.46. The van der Waals surface area contributed by atoms with Gasteiger partial charge in [0.15, 0.2) is 0 Å². The maximum absolute atomic E-state index is 10.2. The van der Waals surface area contributed by atoms with Crippen LogP contribution in [0.4, 0.5) is 0 Å². The molecule has 0 amide bonds. The maximum Gasteiger partial charge on any atom is 0.0958 e. The number of β-amino-alcohol motifs (C(OH)–C–C–N with tert-alkyl or cyclic N) is 2. The Bertz CT molecular complexity index is 192. The topological polar surface area (TPSA) is 52.9 Å². The van der Waals surface area contributed by atoms with Crippen molar-refractivity contribution in [2.45, 2.75) is 43.8 Å². The third-order valence-electron chi connectivity index (χ3n) is 3.12. The highest BCUT2D eigenvalue weighted by molar-refractivity contribution is 4.85. The standard InChI is InChI=1S/C10H19NO3/c12-9-6-11(14-7-9)8-10(13)4-2-1-3-5-10/h9,12-13H,1-8H2/t9-/m0/s1. The van der Waals surface area contributed by atoms with Gasteiger partial charge in [-0.2, -0.15) is 5.06 Å². The van der Waals surface area contributed by atoms with E-state index in [0.717, 1.165) is 25.7 Å². The number of hydrogen-bond donors (Lipinski definition) is 2. The highest BCUT2D eigenvalue weighted by Gasteiger charge is 2.34. The summed E-state index contributed by atoms with van der Waals surface area (Å²) in [7, 11) is 0. The molecule has 0 radical (unpaired) electrons. The van der Waals surface area contributed by atoms with E-state index in [1.54, 1.807) is 5.06 Å². The van der Waals surface area contributed by atoms with E-state index in [4.69, 9.17) is 4.84 Å². The molecule has 0 bridgehead atoms. The van der Waals surface area contributed by atoms with Gasteiger partial charge in [-0.05, 0) is 12.8 Å². The van der Waals surface area contributed by atoms with Crippen molar-refractivity contribution in [2.75, 3.05) is 19.7 Å². The fourth-order valence-electron chi connectivity index (χ4n) is 2.34. The molecule has 1 aliphatic heterocycles. The van der Waals surface area contributed by atoms with Crippen LogP contribution in [0.5, 0.6) is 0 Å². The fraction of sp³-hybridized carbons (Fsp3) is 1.00. The average molecular weight is 201 g/mol. The lowest BCUT2D eigenvalue weighted by Crippen LogP contribution is -2.43. The van der Waals surface area contributed by atoms with Crippen LogP contribution >= 0.6 is 0 Å². The number of rotatable bonds is 2. The van der Waals surface area contributed by atoms with Gasteiger partial charge in [-0.3, -0.25) is 4.84 Å². The van der Waals surface area contributed by atoms with Crippen molar-refractivity contribution >= 4 is 0 Å². The van der Waals surface area contributed by atoms with Crippen LogP contribution in [0, 0.1) is 0 Å². The predicted molar refractivity (Wildman–Crippen MR) is 51.6 cm³/mol. The van der Waals surface area contributed by atoms with E-state index < -0.39 is 5.60 Å². The summed E-state index contributed by atoms with van der Waals surface area (Å²) in [5.74, 6) is 0. The van der Waals surface area contributed by atoms with E-state index in [1.807, 2.05) is 0 Å². The summed E-state index contributed by atoms with van der Waals surface area (Å²) >= 11 is 0. The second kappa shape index (κ2) is 4.14. The van der Waals surface area contributed by atoms with Crippen molar-refractivity contribution in [3.05, 3.63) is 0 Å². The zero-order valence-electron chi connectivity index (χ0n) is 8.48. The van der Waals surface area contributed by atoms with E-state index in [1.165, 1.54) is 6.42 Å². The molecule has 0 aromatic carbocycles. The minimum atomic E-state index is -0.581. The van der Waals surface area contributed by atoms with Crippen LogP contribution in [0.1, 0.15) is 32.1 Å². The first kappa shape index (κ1) is 10.4. The van der Waals surface area contributed by atoms with Crippen LogP contribution in [0.25, 0.3) is 0 Å². The SMILES string of the molecule is O[C@@H]1CON(CC2(O)CCCCC2)C1. The van der Waals surface area contributed by atoms with Gasteiger partial charge in [0.05, 0.1) is 31.4 Å². The predicted octanol–water partition coefficient (Wildman–Crippen LogP) is 0.290. The van der Waals surface area contributed by atoms with Crippen molar-refractivity contribution in [1.82, 2.24) is 5.06 Å². The molecule has 2 fully saturated rings. The molecule has 1 saturated carbocycles. The third-order valence-corrected chi connectivity index (χ3v) is 3.12. The van der Waals surface area contributed by atoms with Gasteiger partial charge in [-0.25, -0.2) is 0 Å². The minimum absolute atomic E-state index is 0.371. The van der Waals surface area contributed by atoms with Gasteiger partial charge in [0.1, 0.15) is 0 Å². The maximum atomic E-state index is 10.2. The molecule has 2 aliphatic rings. The van der Waals surface area contributed by atoms with Crippen molar-refractivity contribution < 1.29 is 15.1 Å². The van der Waals surface area contributed by atoms with Gasteiger partial charge < -0.3 is 10.2 Å². The molecule has 0 aromatic rings. The molecular weight excluding hydrogens is 182 g/mol. The Morgan fingerprint density at radius 3 is 2.57 bits per heavy atom. The monoisotopic (exact) mass is 201 g/mol. The largest absolute Gasteiger partial charge is 0.389 e. The Balaban J connectivity index is 1.83. The Morgan fingerprint density at radius 1 is 1.29 bits per heavy atom. The Hall–Kier alpha value is -0.160. The van der Waals surface area contributed by atoms with E-state index in [0.29, 0.717) is 19.7 Å². The van der Waals surface area contributed by atoms with Crippen LogP contribution in [-0.2, 0) is 4.84 Å². The van der Waals surface area contributed by atoms with Crippen molar-refractivity contribution in [3.63, 3.8) is 0 Å². The Labute approximate surface area is 84.4 Å². The second-order valence-corrected chi connectivity index (χ2v) is 4.56.